The van der Waals surface area contributed by atoms with E-state index in [9.17, 15) is 9.59 Å². The summed E-state index contributed by atoms with van der Waals surface area (Å²) in [7, 11) is 1.66. The van der Waals surface area contributed by atoms with Crippen molar-refractivity contribution in [3.8, 4) is 5.75 Å². The Morgan fingerprint density at radius 2 is 1.65 bits per heavy atom. The van der Waals surface area contributed by atoms with Crippen LogP contribution in [0.4, 0.5) is 0 Å². The lowest BCUT2D eigenvalue weighted by atomic mass is 10.1. The number of ether oxygens (including phenoxy) is 1. The van der Waals surface area contributed by atoms with E-state index in [2.05, 4.69) is 26.6 Å². The fourth-order valence-electron chi connectivity index (χ4n) is 4.63. The first-order valence-electron chi connectivity index (χ1n) is 13.5. The lowest BCUT2D eigenvalue weighted by Gasteiger charge is -2.31. The summed E-state index contributed by atoms with van der Waals surface area (Å²) in [6, 6.07) is 29.2. The van der Waals surface area contributed by atoms with E-state index in [0.29, 0.717) is 25.2 Å². The van der Waals surface area contributed by atoms with Crippen molar-refractivity contribution in [2.75, 3.05) is 13.7 Å². The fraction of sp³-hybridized carbons (Fsp3) is 0.273. The van der Waals surface area contributed by atoms with Gasteiger partial charge < -0.3 is 19.1 Å². The number of aromatic nitrogens is 1. The SMILES string of the molecule is CCC(C)N(CC(=O)N(Cc1ccccc1)Cc1cccn1Cc1cccc(OC)c1)C(=O)c1cccc(Br)c1. The number of amides is 2. The zero-order chi connectivity index (χ0) is 28.5. The molecule has 0 aliphatic carbocycles. The van der Waals surface area contributed by atoms with Crippen LogP contribution in [-0.2, 0) is 24.4 Å². The quantitative estimate of drug-likeness (QED) is 0.180. The second kappa shape index (κ2) is 14.0. The van der Waals surface area contributed by atoms with E-state index < -0.39 is 0 Å². The van der Waals surface area contributed by atoms with E-state index in [-0.39, 0.29) is 24.4 Å². The molecule has 4 rings (SSSR count). The molecule has 0 N–H and O–H groups in total. The van der Waals surface area contributed by atoms with Gasteiger partial charge in [0.05, 0.1) is 13.7 Å². The Bertz CT molecular complexity index is 1420. The molecule has 40 heavy (non-hydrogen) atoms. The van der Waals surface area contributed by atoms with Crippen LogP contribution in [-0.4, -0.2) is 45.9 Å². The van der Waals surface area contributed by atoms with Crippen molar-refractivity contribution in [2.24, 2.45) is 0 Å². The van der Waals surface area contributed by atoms with Crippen LogP contribution in [0.5, 0.6) is 5.75 Å². The van der Waals surface area contributed by atoms with Crippen LogP contribution >= 0.6 is 15.9 Å². The maximum atomic E-state index is 14.0. The maximum Gasteiger partial charge on any atom is 0.254 e. The van der Waals surface area contributed by atoms with E-state index in [4.69, 9.17) is 4.74 Å². The number of carbonyl (C=O) groups excluding carboxylic acids is 2. The van der Waals surface area contributed by atoms with Crippen molar-refractivity contribution < 1.29 is 14.3 Å². The molecule has 6 nitrogen and oxygen atoms in total. The van der Waals surface area contributed by atoms with Crippen molar-refractivity contribution >= 4 is 27.7 Å². The van der Waals surface area contributed by atoms with Crippen molar-refractivity contribution in [2.45, 2.75) is 45.9 Å². The number of methoxy groups -OCH3 is 1. The van der Waals surface area contributed by atoms with E-state index >= 15 is 0 Å². The van der Waals surface area contributed by atoms with E-state index in [1.807, 2.05) is 97.7 Å². The minimum atomic E-state index is -0.148. The second-order valence-corrected chi connectivity index (χ2v) is 10.8. The number of carbonyl (C=O) groups is 2. The lowest BCUT2D eigenvalue weighted by Crippen LogP contribution is -2.46. The van der Waals surface area contributed by atoms with Gasteiger partial charge in [-0.2, -0.15) is 0 Å². The first-order valence-corrected chi connectivity index (χ1v) is 14.3. The van der Waals surface area contributed by atoms with Gasteiger partial charge in [-0.1, -0.05) is 71.4 Å². The molecule has 0 bridgehead atoms. The number of nitrogens with zero attached hydrogens (tertiary/aromatic N) is 3. The Hall–Kier alpha value is -3.84. The van der Waals surface area contributed by atoms with Gasteiger partial charge in [-0.15, -0.1) is 0 Å². The molecule has 2 amide bonds. The number of benzene rings is 3. The van der Waals surface area contributed by atoms with E-state index in [1.54, 1.807) is 24.1 Å². The molecule has 7 heteroatoms. The van der Waals surface area contributed by atoms with E-state index in [0.717, 1.165) is 33.5 Å². The Morgan fingerprint density at radius 3 is 2.38 bits per heavy atom. The molecule has 1 heterocycles. The van der Waals surface area contributed by atoms with Crippen LogP contribution in [0.15, 0.2) is 102 Å². The second-order valence-electron chi connectivity index (χ2n) is 9.92. The summed E-state index contributed by atoms with van der Waals surface area (Å²) in [5, 5.41) is 0. The molecular weight excluding hydrogens is 566 g/mol. The van der Waals surface area contributed by atoms with Gasteiger partial charge in [-0.05, 0) is 66.9 Å². The highest BCUT2D eigenvalue weighted by Crippen LogP contribution is 2.19. The summed E-state index contributed by atoms with van der Waals surface area (Å²) in [6.45, 7) is 5.55. The zero-order valence-corrected chi connectivity index (χ0v) is 24.9. The number of hydrogen-bond acceptors (Lipinski definition) is 3. The first-order chi connectivity index (χ1) is 19.4. The van der Waals surface area contributed by atoms with Gasteiger partial charge in [0, 0.05) is 41.1 Å². The van der Waals surface area contributed by atoms with Gasteiger partial charge in [0.2, 0.25) is 5.91 Å². The van der Waals surface area contributed by atoms with Crippen LogP contribution in [0, 0.1) is 0 Å². The third-order valence-electron chi connectivity index (χ3n) is 7.09. The van der Waals surface area contributed by atoms with Gasteiger partial charge in [0.1, 0.15) is 12.3 Å². The number of hydrogen-bond donors (Lipinski definition) is 0. The third kappa shape index (κ3) is 7.63. The highest BCUT2D eigenvalue weighted by atomic mass is 79.9. The first kappa shape index (κ1) is 29.2. The van der Waals surface area contributed by atoms with Crippen LogP contribution in [0.3, 0.4) is 0 Å². The van der Waals surface area contributed by atoms with Crippen molar-refractivity contribution in [3.63, 3.8) is 0 Å². The molecule has 0 aliphatic heterocycles. The third-order valence-corrected chi connectivity index (χ3v) is 7.59. The topological polar surface area (TPSA) is 54.8 Å². The molecule has 0 spiro atoms. The summed E-state index contributed by atoms with van der Waals surface area (Å²) in [4.78, 5) is 31.1. The largest absolute Gasteiger partial charge is 0.497 e. The lowest BCUT2D eigenvalue weighted by molar-refractivity contribution is -0.133. The summed E-state index contributed by atoms with van der Waals surface area (Å²) in [5.74, 6) is 0.569. The molecular formula is C33H36BrN3O3. The maximum absolute atomic E-state index is 14.0. The fourth-order valence-corrected chi connectivity index (χ4v) is 5.03. The molecule has 1 unspecified atom stereocenters. The average molecular weight is 603 g/mol. The molecule has 0 saturated carbocycles. The predicted molar refractivity (Wildman–Crippen MR) is 162 cm³/mol. The molecule has 4 aromatic rings. The molecule has 1 atom stereocenters. The highest BCUT2D eigenvalue weighted by Gasteiger charge is 2.26. The van der Waals surface area contributed by atoms with Crippen LogP contribution < -0.4 is 4.74 Å². The van der Waals surface area contributed by atoms with Crippen LogP contribution in [0.25, 0.3) is 0 Å². The van der Waals surface area contributed by atoms with Crippen molar-refractivity contribution in [3.05, 3.63) is 124 Å². The molecule has 0 radical (unpaired) electrons. The molecule has 208 valence electrons. The summed E-state index contributed by atoms with van der Waals surface area (Å²) >= 11 is 3.46. The van der Waals surface area contributed by atoms with Crippen LogP contribution in [0.1, 0.15) is 47.4 Å². The minimum absolute atomic E-state index is 0.00375. The van der Waals surface area contributed by atoms with Gasteiger partial charge in [-0.3, -0.25) is 9.59 Å². The number of halogens is 1. The Kier molecular flexibility index (Phi) is 10.2. The molecule has 3 aromatic carbocycles. The smallest absolute Gasteiger partial charge is 0.254 e. The Balaban J connectivity index is 1.59. The van der Waals surface area contributed by atoms with Gasteiger partial charge in [0.25, 0.3) is 5.91 Å². The minimum Gasteiger partial charge on any atom is -0.497 e. The van der Waals surface area contributed by atoms with E-state index in [1.165, 1.54) is 0 Å². The molecule has 0 fully saturated rings. The van der Waals surface area contributed by atoms with Crippen molar-refractivity contribution in [1.82, 2.24) is 14.4 Å². The van der Waals surface area contributed by atoms with Crippen molar-refractivity contribution in [1.29, 1.82) is 0 Å². The molecule has 0 saturated heterocycles. The normalized spacial score (nSPS) is 11.6. The summed E-state index contributed by atoms with van der Waals surface area (Å²) in [5.41, 5.74) is 3.72. The monoisotopic (exact) mass is 601 g/mol. The standard InChI is InChI=1S/C33H36BrN3O3/c1-4-25(2)37(33(39)28-14-9-15-29(34)20-28)24-32(38)36(21-26-11-6-5-7-12-26)23-30-16-10-18-35(30)22-27-13-8-17-31(19-27)40-3/h5-20,25H,4,21-24H2,1-3H3. The Morgan fingerprint density at radius 1 is 0.900 bits per heavy atom. The van der Waals surface area contributed by atoms with Gasteiger partial charge >= 0.3 is 0 Å². The molecule has 0 aliphatic rings. The summed E-state index contributed by atoms with van der Waals surface area (Å²) in [6.07, 6.45) is 2.78. The average Bonchev–Trinajstić information content (AvgIpc) is 3.41. The summed E-state index contributed by atoms with van der Waals surface area (Å²) < 4.78 is 8.37. The Labute approximate surface area is 245 Å². The zero-order valence-electron chi connectivity index (χ0n) is 23.3. The predicted octanol–water partition coefficient (Wildman–Crippen LogP) is 6.78. The van der Waals surface area contributed by atoms with Gasteiger partial charge in [0.15, 0.2) is 0 Å². The van der Waals surface area contributed by atoms with Gasteiger partial charge in [-0.25, -0.2) is 0 Å². The van der Waals surface area contributed by atoms with Crippen LogP contribution in [0.2, 0.25) is 0 Å². The highest BCUT2D eigenvalue weighted by molar-refractivity contribution is 9.10. The molecule has 1 aromatic heterocycles. The number of rotatable bonds is 12.